The Hall–Kier alpha value is -3.35. The van der Waals surface area contributed by atoms with Crippen LogP contribution in [-0.4, -0.2) is 34.7 Å². The van der Waals surface area contributed by atoms with Crippen LogP contribution >= 0.6 is 0 Å². The summed E-state index contributed by atoms with van der Waals surface area (Å²) in [6.45, 7) is 1.09. The summed E-state index contributed by atoms with van der Waals surface area (Å²) >= 11 is 0. The molecule has 7 nitrogen and oxygen atoms in total. The van der Waals surface area contributed by atoms with E-state index in [-0.39, 0.29) is 12.3 Å². The molecule has 2 aromatic carbocycles. The fourth-order valence-corrected chi connectivity index (χ4v) is 2.58. The molecule has 140 valence electrons. The van der Waals surface area contributed by atoms with Crippen LogP contribution < -0.4 is 15.4 Å². The molecule has 27 heavy (non-hydrogen) atoms. The number of hydrogen-bond acceptors (Lipinski definition) is 5. The summed E-state index contributed by atoms with van der Waals surface area (Å²) in [6, 6.07) is 17.7. The van der Waals surface area contributed by atoms with Gasteiger partial charge >= 0.3 is 0 Å². The number of benzene rings is 2. The van der Waals surface area contributed by atoms with Gasteiger partial charge < -0.3 is 15.4 Å². The number of methoxy groups -OCH3 is 1. The monoisotopic (exact) mass is 365 g/mol. The van der Waals surface area contributed by atoms with Crippen molar-refractivity contribution in [1.29, 1.82) is 0 Å². The molecular weight excluding hydrogens is 342 g/mol. The predicted molar refractivity (Wildman–Crippen MR) is 104 cm³/mol. The Kier molecular flexibility index (Phi) is 6.40. The molecule has 0 spiro atoms. The molecule has 0 unspecified atom stereocenters. The van der Waals surface area contributed by atoms with Gasteiger partial charge in [0, 0.05) is 12.2 Å². The van der Waals surface area contributed by atoms with E-state index in [0.29, 0.717) is 24.7 Å². The number of ether oxygens (including phenoxy) is 1. The molecule has 0 fully saturated rings. The molecule has 1 aromatic heterocycles. The minimum atomic E-state index is -0.0837. The molecule has 0 bridgehead atoms. The zero-order chi connectivity index (χ0) is 18.9. The Morgan fingerprint density at radius 1 is 1.11 bits per heavy atom. The van der Waals surface area contributed by atoms with Crippen molar-refractivity contribution in [3.63, 3.8) is 0 Å². The second-order valence-electron chi connectivity index (χ2n) is 6.04. The van der Waals surface area contributed by atoms with E-state index in [1.807, 2.05) is 54.6 Å². The summed E-state index contributed by atoms with van der Waals surface area (Å²) in [4.78, 5) is 16.4. The molecule has 3 aromatic rings. The van der Waals surface area contributed by atoms with Crippen molar-refractivity contribution in [2.75, 3.05) is 19.0 Å². The van der Waals surface area contributed by atoms with Gasteiger partial charge in [0.25, 0.3) is 0 Å². The zero-order valence-corrected chi connectivity index (χ0v) is 15.2. The van der Waals surface area contributed by atoms with Crippen LogP contribution in [0.5, 0.6) is 5.75 Å². The van der Waals surface area contributed by atoms with E-state index in [1.165, 1.54) is 5.56 Å². The van der Waals surface area contributed by atoms with Crippen molar-refractivity contribution in [1.82, 2.24) is 20.5 Å². The van der Waals surface area contributed by atoms with Gasteiger partial charge in [0.2, 0.25) is 5.91 Å². The van der Waals surface area contributed by atoms with Gasteiger partial charge in [-0.05, 0) is 36.2 Å². The number of nitrogens with one attached hydrogen (secondary N) is 3. The SMILES string of the molecule is COc1ccc(NCc2nc(CC(=O)NCCc3ccccc3)n[nH]2)cc1. The fourth-order valence-electron chi connectivity index (χ4n) is 2.58. The van der Waals surface area contributed by atoms with Crippen LogP contribution in [0.25, 0.3) is 0 Å². The first-order valence-corrected chi connectivity index (χ1v) is 8.81. The van der Waals surface area contributed by atoms with Crippen LogP contribution in [0.3, 0.4) is 0 Å². The lowest BCUT2D eigenvalue weighted by Gasteiger charge is -2.05. The second-order valence-corrected chi connectivity index (χ2v) is 6.04. The molecule has 0 saturated carbocycles. The Morgan fingerprint density at radius 2 is 1.89 bits per heavy atom. The molecule has 1 amide bonds. The minimum absolute atomic E-state index is 0.0837. The van der Waals surface area contributed by atoms with Gasteiger partial charge in [-0.3, -0.25) is 9.89 Å². The number of carbonyl (C=O) groups excluding carboxylic acids is 1. The highest BCUT2D eigenvalue weighted by molar-refractivity contribution is 5.77. The third kappa shape index (κ3) is 5.85. The van der Waals surface area contributed by atoms with Crippen molar-refractivity contribution in [2.45, 2.75) is 19.4 Å². The number of amides is 1. The van der Waals surface area contributed by atoms with E-state index in [0.717, 1.165) is 17.9 Å². The van der Waals surface area contributed by atoms with Crippen molar-refractivity contribution in [2.24, 2.45) is 0 Å². The maximum Gasteiger partial charge on any atom is 0.227 e. The second kappa shape index (κ2) is 9.38. The largest absolute Gasteiger partial charge is 0.497 e. The Bertz CT molecular complexity index is 846. The Labute approximate surface area is 158 Å². The number of carbonyl (C=O) groups is 1. The number of aromatic amines is 1. The lowest BCUT2D eigenvalue weighted by molar-refractivity contribution is -0.120. The van der Waals surface area contributed by atoms with E-state index >= 15 is 0 Å². The smallest absolute Gasteiger partial charge is 0.227 e. The highest BCUT2D eigenvalue weighted by Crippen LogP contribution is 2.15. The van der Waals surface area contributed by atoms with Crippen molar-refractivity contribution < 1.29 is 9.53 Å². The Balaban J connectivity index is 1.41. The molecule has 0 aliphatic heterocycles. The topological polar surface area (TPSA) is 91.9 Å². The zero-order valence-electron chi connectivity index (χ0n) is 15.2. The quantitative estimate of drug-likeness (QED) is 0.541. The van der Waals surface area contributed by atoms with E-state index < -0.39 is 0 Å². The van der Waals surface area contributed by atoms with Crippen LogP contribution in [0, 0.1) is 0 Å². The van der Waals surface area contributed by atoms with Gasteiger partial charge in [-0.1, -0.05) is 30.3 Å². The number of H-pyrrole nitrogens is 1. The summed E-state index contributed by atoms with van der Waals surface area (Å²) in [5, 5.41) is 13.1. The van der Waals surface area contributed by atoms with Crippen LogP contribution in [0.1, 0.15) is 17.2 Å². The van der Waals surface area contributed by atoms with Crippen molar-refractivity contribution in [3.05, 3.63) is 71.8 Å². The lowest BCUT2D eigenvalue weighted by Crippen LogP contribution is -2.27. The lowest BCUT2D eigenvalue weighted by atomic mass is 10.1. The van der Waals surface area contributed by atoms with Gasteiger partial charge in [-0.25, -0.2) is 4.98 Å². The summed E-state index contributed by atoms with van der Waals surface area (Å²) in [7, 11) is 1.64. The fraction of sp³-hybridized carbons (Fsp3) is 0.250. The van der Waals surface area contributed by atoms with E-state index in [2.05, 4.69) is 25.8 Å². The molecule has 0 aliphatic carbocycles. The average molecular weight is 365 g/mol. The molecule has 0 atom stereocenters. The molecule has 0 aliphatic rings. The first kappa shape index (κ1) is 18.4. The van der Waals surface area contributed by atoms with Crippen LogP contribution in [0.2, 0.25) is 0 Å². The average Bonchev–Trinajstić information content (AvgIpc) is 3.15. The number of rotatable bonds is 9. The first-order valence-electron chi connectivity index (χ1n) is 8.81. The standard InChI is InChI=1S/C20H23N5O2/c1-27-17-9-7-16(8-10-17)22-14-19-23-18(24-25-19)13-20(26)21-12-11-15-5-3-2-4-6-15/h2-10,22H,11-14H2,1H3,(H,21,26)(H,23,24,25). The van der Waals surface area contributed by atoms with E-state index in [1.54, 1.807) is 7.11 Å². The van der Waals surface area contributed by atoms with Crippen molar-refractivity contribution >= 4 is 11.6 Å². The molecule has 3 N–H and O–H groups in total. The highest BCUT2D eigenvalue weighted by Gasteiger charge is 2.09. The summed E-state index contributed by atoms with van der Waals surface area (Å²) in [5.74, 6) is 1.89. The van der Waals surface area contributed by atoms with Crippen LogP contribution in [-0.2, 0) is 24.2 Å². The van der Waals surface area contributed by atoms with Gasteiger partial charge in [0.15, 0.2) is 5.82 Å². The maximum absolute atomic E-state index is 12.0. The third-order valence-electron chi connectivity index (χ3n) is 4.03. The van der Waals surface area contributed by atoms with Gasteiger partial charge in [-0.15, -0.1) is 0 Å². The molecule has 0 saturated heterocycles. The van der Waals surface area contributed by atoms with E-state index in [4.69, 9.17) is 4.74 Å². The summed E-state index contributed by atoms with van der Waals surface area (Å²) in [5.41, 5.74) is 2.15. The number of nitrogens with zero attached hydrogens (tertiary/aromatic N) is 2. The summed E-state index contributed by atoms with van der Waals surface area (Å²) in [6.07, 6.45) is 0.964. The molecular formula is C20H23N5O2. The van der Waals surface area contributed by atoms with Gasteiger partial charge in [0.05, 0.1) is 20.1 Å². The number of hydrogen-bond donors (Lipinski definition) is 3. The maximum atomic E-state index is 12.0. The first-order chi connectivity index (χ1) is 13.2. The van der Waals surface area contributed by atoms with Gasteiger partial charge in [-0.2, -0.15) is 5.10 Å². The van der Waals surface area contributed by atoms with Crippen molar-refractivity contribution in [3.8, 4) is 5.75 Å². The third-order valence-corrected chi connectivity index (χ3v) is 4.03. The molecule has 0 radical (unpaired) electrons. The molecule has 7 heteroatoms. The Morgan fingerprint density at radius 3 is 2.63 bits per heavy atom. The molecule has 3 rings (SSSR count). The van der Waals surface area contributed by atoms with E-state index in [9.17, 15) is 4.79 Å². The highest BCUT2D eigenvalue weighted by atomic mass is 16.5. The van der Waals surface area contributed by atoms with Crippen LogP contribution in [0.4, 0.5) is 5.69 Å². The summed E-state index contributed by atoms with van der Waals surface area (Å²) < 4.78 is 5.13. The normalized spacial score (nSPS) is 10.4. The minimum Gasteiger partial charge on any atom is -0.497 e. The number of anilines is 1. The number of aromatic nitrogens is 3. The van der Waals surface area contributed by atoms with Gasteiger partial charge in [0.1, 0.15) is 11.6 Å². The van der Waals surface area contributed by atoms with Crippen LogP contribution in [0.15, 0.2) is 54.6 Å². The molecule has 1 heterocycles. The predicted octanol–water partition coefficient (Wildman–Crippen LogP) is 2.33.